The van der Waals surface area contributed by atoms with E-state index in [4.69, 9.17) is 0 Å². The third-order valence-electron chi connectivity index (χ3n) is 2.92. The number of Topliss-reactive ketones (excluding diaryl/α,β-unsaturated/α-hetero) is 1. The molecular formula is C11H11BrO2. The lowest BCUT2D eigenvalue weighted by Crippen LogP contribution is -2.16. The van der Waals surface area contributed by atoms with Gasteiger partial charge in [0, 0.05) is 0 Å². The van der Waals surface area contributed by atoms with Gasteiger partial charge >= 0.3 is 0 Å². The molecule has 1 aliphatic carbocycles. The minimum Gasteiger partial charge on any atom is -0.507 e. The molecular weight excluding hydrogens is 244 g/mol. The van der Waals surface area contributed by atoms with Crippen LogP contribution in [0.15, 0.2) is 22.7 Å². The Morgan fingerprint density at radius 3 is 2.57 bits per heavy atom. The normalized spacial score (nSPS) is 17.9. The number of benzene rings is 1. The van der Waals surface area contributed by atoms with Gasteiger partial charge in [0.25, 0.3) is 0 Å². The number of phenols is 1. The number of carbonyl (C=O) groups excluding carboxylic acids is 1. The van der Waals surface area contributed by atoms with Crippen molar-refractivity contribution in [3.63, 3.8) is 0 Å². The average Bonchev–Trinajstić information content (AvgIpc) is 2.90. The van der Waals surface area contributed by atoms with Crippen molar-refractivity contribution in [3.05, 3.63) is 28.2 Å². The van der Waals surface area contributed by atoms with Crippen LogP contribution in [0.2, 0.25) is 0 Å². The fourth-order valence-corrected chi connectivity index (χ4v) is 2.15. The van der Waals surface area contributed by atoms with E-state index in [1.54, 1.807) is 13.0 Å². The number of rotatable bonds is 2. The van der Waals surface area contributed by atoms with Gasteiger partial charge in [0.1, 0.15) is 11.5 Å². The van der Waals surface area contributed by atoms with Crippen LogP contribution >= 0.6 is 15.9 Å². The van der Waals surface area contributed by atoms with Gasteiger partial charge in [-0.15, -0.1) is 0 Å². The molecule has 0 heterocycles. The number of phenolic OH excluding ortho intramolecular Hbond substituents is 1. The fraction of sp³-hybridized carbons (Fsp3) is 0.364. The summed E-state index contributed by atoms with van der Waals surface area (Å²) < 4.78 is 0.655. The van der Waals surface area contributed by atoms with E-state index in [0.29, 0.717) is 4.47 Å². The van der Waals surface area contributed by atoms with E-state index in [1.165, 1.54) is 0 Å². The smallest absolute Gasteiger partial charge is 0.140 e. The molecule has 1 aromatic rings. The van der Waals surface area contributed by atoms with Gasteiger partial charge in [-0.25, -0.2) is 0 Å². The first-order valence-electron chi connectivity index (χ1n) is 4.56. The van der Waals surface area contributed by atoms with Crippen LogP contribution in [-0.2, 0) is 10.2 Å². The highest BCUT2D eigenvalue weighted by molar-refractivity contribution is 9.10. The minimum absolute atomic E-state index is 0.216. The molecule has 2 rings (SSSR count). The minimum atomic E-state index is -0.254. The Hall–Kier alpha value is -0.830. The maximum atomic E-state index is 11.4. The highest BCUT2D eigenvalue weighted by Gasteiger charge is 2.48. The summed E-state index contributed by atoms with van der Waals surface area (Å²) in [5.74, 6) is 0.434. The molecule has 0 atom stereocenters. The van der Waals surface area contributed by atoms with Crippen LogP contribution in [0.3, 0.4) is 0 Å². The summed E-state index contributed by atoms with van der Waals surface area (Å²) in [6, 6.07) is 5.29. The van der Waals surface area contributed by atoms with Gasteiger partial charge < -0.3 is 5.11 Å². The van der Waals surface area contributed by atoms with Crippen LogP contribution in [0.25, 0.3) is 0 Å². The second-order valence-corrected chi connectivity index (χ2v) is 4.66. The predicted octanol–water partition coefficient (Wildman–Crippen LogP) is 2.78. The van der Waals surface area contributed by atoms with E-state index in [0.717, 1.165) is 18.4 Å². The second kappa shape index (κ2) is 3.09. The maximum absolute atomic E-state index is 11.4. The summed E-state index contributed by atoms with van der Waals surface area (Å²) in [7, 11) is 0. The molecule has 0 aromatic heterocycles. The van der Waals surface area contributed by atoms with Crippen molar-refractivity contribution in [2.24, 2.45) is 0 Å². The van der Waals surface area contributed by atoms with Gasteiger partial charge in [-0.2, -0.15) is 0 Å². The summed E-state index contributed by atoms with van der Waals surface area (Å²) >= 11 is 3.25. The molecule has 1 fully saturated rings. The summed E-state index contributed by atoms with van der Waals surface area (Å²) in [6.45, 7) is 1.63. The second-order valence-electron chi connectivity index (χ2n) is 3.80. The van der Waals surface area contributed by atoms with E-state index >= 15 is 0 Å². The van der Waals surface area contributed by atoms with Gasteiger partial charge in [0.05, 0.1) is 9.89 Å². The van der Waals surface area contributed by atoms with Gasteiger partial charge in [-0.1, -0.05) is 6.07 Å². The Kier molecular flexibility index (Phi) is 2.14. The lowest BCUT2D eigenvalue weighted by atomic mass is 9.92. The SMILES string of the molecule is CC(=O)C1(c2ccc(O)c(Br)c2)CC1. The van der Waals surface area contributed by atoms with E-state index in [1.807, 2.05) is 12.1 Å². The number of ketones is 1. The quantitative estimate of drug-likeness (QED) is 0.882. The molecule has 14 heavy (non-hydrogen) atoms. The van der Waals surface area contributed by atoms with E-state index in [9.17, 15) is 9.90 Å². The zero-order valence-electron chi connectivity index (χ0n) is 7.88. The van der Waals surface area contributed by atoms with Crippen molar-refractivity contribution >= 4 is 21.7 Å². The van der Waals surface area contributed by atoms with E-state index in [2.05, 4.69) is 15.9 Å². The summed E-state index contributed by atoms with van der Waals surface area (Å²) in [5, 5.41) is 9.34. The Morgan fingerprint density at radius 2 is 2.14 bits per heavy atom. The predicted molar refractivity (Wildman–Crippen MR) is 57.4 cm³/mol. The van der Waals surface area contributed by atoms with Gasteiger partial charge in [-0.3, -0.25) is 4.79 Å². The van der Waals surface area contributed by atoms with Crippen molar-refractivity contribution in [2.45, 2.75) is 25.2 Å². The molecule has 0 amide bonds. The summed E-state index contributed by atoms with van der Waals surface area (Å²) in [6.07, 6.45) is 1.86. The molecule has 2 nitrogen and oxygen atoms in total. The van der Waals surface area contributed by atoms with Crippen LogP contribution < -0.4 is 0 Å². The highest BCUT2D eigenvalue weighted by Crippen LogP contribution is 2.49. The van der Waals surface area contributed by atoms with E-state index in [-0.39, 0.29) is 16.9 Å². The number of hydrogen-bond acceptors (Lipinski definition) is 2. The Balaban J connectivity index is 2.43. The Bertz CT molecular complexity index is 394. The van der Waals surface area contributed by atoms with Crippen LogP contribution in [0.4, 0.5) is 0 Å². The van der Waals surface area contributed by atoms with Crippen molar-refractivity contribution in [3.8, 4) is 5.75 Å². The number of hydrogen-bond donors (Lipinski definition) is 1. The summed E-state index contributed by atoms with van der Waals surface area (Å²) in [4.78, 5) is 11.4. The molecule has 0 bridgehead atoms. The molecule has 0 spiro atoms. The van der Waals surface area contributed by atoms with Crippen LogP contribution in [0.5, 0.6) is 5.75 Å². The van der Waals surface area contributed by atoms with Crippen LogP contribution in [0.1, 0.15) is 25.3 Å². The fourth-order valence-electron chi connectivity index (χ4n) is 1.77. The largest absolute Gasteiger partial charge is 0.507 e. The topological polar surface area (TPSA) is 37.3 Å². The Morgan fingerprint density at radius 1 is 1.50 bits per heavy atom. The van der Waals surface area contributed by atoms with E-state index < -0.39 is 0 Å². The number of carbonyl (C=O) groups is 1. The van der Waals surface area contributed by atoms with Gasteiger partial charge in [0.15, 0.2) is 0 Å². The van der Waals surface area contributed by atoms with Crippen LogP contribution in [0, 0.1) is 0 Å². The van der Waals surface area contributed by atoms with Crippen LogP contribution in [-0.4, -0.2) is 10.9 Å². The molecule has 1 aromatic carbocycles. The average molecular weight is 255 g/mol. The Labute approximate surface area is 91.1 Å². The van der Waals surface area contributed by atoms with Crippen molar-refractivity contribution in [2.75, 3.05) is 0 Å². The molecule has 0 unspecified atom stereocenters. The van der Waals surface area contributed by atoms with Crippen molar-refractivity contribution in [1.82, 2.24) is 0 Å². The summed E-state index contributed by atoms with van der Waals surface area (Å²) in [5.41, 5.74) is 0.755. The molecule has 3 heteroatoms. The number of aromatic hydroxyl groups is 1. The molecule has 1 N–H and O–H groups in total. The molecule has 0 aliphatic heterocycles. The first kappa shape index (κ1) is 9.71. The molecule has 1 saturated carbocycles. The first-order valence-corrected chi connectivity index (χ1v) is 5.35. The third-order valence-corrected chi connectivity index (χ3v) is 3.56. The monoisotopic (exact) mass is 254 g/mol. The third kappa shape index (κ3) is 1.36. The lowest BCUT2D eigenvalue weighted by molar-refractivity contribution is -0.119. The highest BCUT2D eigenvalue weighted by atomic mass is 79.9. The molecule has 1 aliphatic rings. The van der Waals surface area contributed by atoms with Crippen molar-refractivity contribution in [1.29, 1.82) is 0 Å². The van der Waals surface area contributed by atoms with Crippen molar-refractivity contribution < 1.29 is 9.90 Å². The molecule has 0 radical (unpaired) electrons. The van der Waals surface area contributed by atoms with Gasteiger partial charge in [-0.05, 0) is 53.4 Å². The van der Waals surface area contributed by atoms with Gasteiger partial charge in [0.2, 0.25) is 0 Å². The molecule has 0 saturated heterocycles. The number of halogens is 1. The zero-order chi connectivity index (χ0) is 10.3. The maximum Gasteiger partial charge on any atom is 0.140 e. The lowest BCUT2D eigenvalue weighted by Gasteiger charge is -2.12. The molecule has 74 valence electrons. The zero-order valence-corrected chi connectivity index (χ0v) is 9.47. The standard InChI is InChI=1S/C11H11BrO2/c1-7(13)11(4-5-11)8-2-3-10(14)9(12)6-8/h2-3,6,14H,4-5H2,1H3. The first-order chi connectivity index (χ1) is 6.56.